The second-order valence-electron chi connectivity index (χ2n) is 5.34. The number of halogens is 2. The molecule has 116 valence electrons. The maximum Gasteiger partial charge on any atom is 0.340 e. The number of nitrogens with one attached hydrogen (secondary N) is 1. The molecule has 1 aromatic rings. The number of rotatable bonds is 5. The average molecular weight is 325 g/mol. The molecule has 0 radical (unpaired) electrons. The van der Waals surface area contributed by atoms with Gasteiger partial charge in [0.05, 0.1) is 16.7 Å². The van der Waals surface area contributed by atoms with E-state index in [1.54, 1.807) is 6.92 Å². The molecule has 1 aliphatic rings. The predicted octanol–water partition coefficient (Wildman–Crippen LogP) is 2.44. The molecule has 1 N–H and O–H groups in total. The molecule has 1 saturated carbocycles. The fourth-order valence-corrected chi connectivity index (χ4v) is 2.32. The fraction of sp³-hybridized carbons (Fsp3) is 0.400. The van der Waals surface area contributed by atoms with E-state index in [2.05, 4.69) is 11.4 Å². The Hall–Kier alpha value is -2.13. The van der Waals surface area contributed by atoms with Crippen LogP contribution in [-0.2, 0) is 9.53 Å². The standard InChI is InChI=1S/C15H14ClFN2O3/c1-15(8-18,9-2-3-9)19-13(20)7-22-14(21)11-5-4-10(17)6-12(11)16/h4-6,9H,2-3,7H2,1H3,(H,19,20)/t15-/m1/s1. The van der Waals surface area contributed by atoms with Gasteiger partial charge in [0.15, 0.2) is 6.61 Å². The third-order valence-electron chi connectivity index (χ3n) is 3.51. The minimum Gasteiger partial charge on any atom is -0.452 e. The molecule has 0 heterocycles. The van der Waals surface area contributed by atoms with Crippen molar-refractivity contribution in [3.8, 4) is 6.07 Å². The number of nitrogens with zero attached hydrogens (tertiary/aromatic N) is 1. The summed E-state index contributed by atoms with van der Waals surface area (Å²) in [6.07, 6.45) is 1.77. The number of hydrogen-bond donors (Lipinski definition) is 1. The quantitative estimate of drug-likeness (QED) is 0.844. The number of amides is 1. The Morgan fingerprint density at radius 2 is 2.23 bits per heavy atom. The minimum absolute atomic E-state index is 0.0268. The van der Waals surface area contributed by atoms with Crippen LogP contribution in [0.1, 0.15) is 30.1 Å². The first-order chi connectivity index (χ1) is 10.4. The van der Waals surface area contributed by atoms with Gasteiger partial charge in [-0.15, -0.1) is 0 Å². The third-order valence-corrected chi connectivity index (χ3v) is 3.82. The summed E-state index contributed by atoms with van der Waals surface area (Å²) in [5, 5.41) is 11.6. The van der Waals surface area contributed by atoms with Crippen molar-refractivity contribution in [3.05, 3.63) is 34.6 Å². The first-order valence-electron chi connectivity index (χ1n) is 6.70. The minimum atomic E-state index is -0.947. The summed E-state index contributed by atoms with van der Waals surface area (Å²) in [4.78, 5) is 23.6. The Morgan fingerprint density at radius 3 is 2.77 bits per heavy atom. The lowest BCUT2D eigenvalue weighted by Crippen LogP contribution is -2.48. The monoisotopic (exact) mass is 324 g/mol. The molecule has 0 spiro atoms. The van der Waals surface area contributed by atoms with E-state index in [4.69, 9.17) is 21.6 Å². The third kappa shape index (κ3) is 3.74. The van der Waals surface area contributed by atoms with E-state index in [0.29, 0.717) is 0 Å². The summed E-state index contributed by atoms with van der Waals surface area (Å²) < 4.78 is 17.7. The number of carbonyl (C=O) groups is 2. The lowest BCUT2D eigenvalue weighted by atomic mass is 9.98. The highest BCUT2D eigenvalue weighted by atomic mass is 35.5. The number of hydrogen-bond acceptors (Lipinski definition) is 4. The maximum absolute atomic E-state index is 12.9. The summed E-state index contributed by atoms with van der Waals surface area (Å²) >= 11 is 5.73. The molecule has 7 heteroatoms. The Balaban J connectivity index is 1.91. The molecule has 1 fully saturated rings. The zero-order chi connectivity index (χ0) is 16.3. The number of ether oxygens (including phenoxy) is 1. The lowest BCUT2D eigenvalue weighted by Gasteiger charge is -2.22. The smallest absolute Gasteiger partial charge is 0.340 e. The molecule has 1 aliphatic carbocycles. The highest BCUT2D eigenvalue weighted by molar-refractivity contribution is 6.33. The summed E-state index contributed by atoms with van der Waals surface area (Å²) in [5.74, 6) is -1.84. The highest BCUT2D eigenvalue weighted by Gasteiger charge is 2.43. The van der Waals surface area contributed by atoms with Crippen LogP contribution in [0.5, 0.6) is 0 Å². The van der Waals surface area contributed by atoms with Crippen molar-refractivity contribution in [3.63, 3.8) is 0 Å². The maximum atomic E-state index is 12.9. The van der Waals surface area contributed by atoms with Gasteiger partial charge in [-0.1, -0.05) is 11.6 Å². The molecule has 1 aromatic carbocycles. The van der Waals surface area contributed by atoms with Crippen LogP contribution in [0.15, 0.2) is 18.2 Å². The van der Waals surface area contributed by atoms with Crippen molar-refractivity contribution < 1.29 is 18.7 Å². The Labute approximate surface area is 132 Å². The van der Waals surface area contributed by atoms with E-state index in [1.165, 1.54) is 6.07 Å². The molecule has 0 aliphatic heterocycles. The van der Waals surface area contributed by atoms with Crippen molar-refractivity contribution in [1.29, 1.82) is 5.26 Å². The van der Waals surface area contributed by atoms with Gasteiger partial charge in [0.25, 0.3) is 5.91 Å². The van der Waals surface area contributed by atoms with Gasteiger partial charge in [0.1, 0.15) is 11.4 Å². The molecule has 0 aromatic heterocycles. The topological polar surface area (TPSA) is 79.2 Å². The molecule has 5 nitrogen and oxygen atoms in total. The number of benzene rings is 1. The van der Waals surface area contributed by atoms with Crippen LogP contribution >= 0.6 is 11.6 Å². The van der Waals surface area contributed by atoms with Gasteiger partial charge >= 0.3 is 5.97 Å². The van der Waals surface area contributed by atoms with E-state index in [0.717, 1.165) is 25.0 Å². The van der Waals surface area contributed by atoms with Crippen LogP contribution in [-0.4, -0.2) is 24.0 Å². The Bertz CT molecular complexity index is 655. The van der Waals surface area contributed by atoms with E-state index in [-0.39, 0.29) is 16.5 Å². The Morgan fingerprint density at radius 1 is 1.55 bits per heavy atom. The molecule has 1 amide bonds. The van der Waals surface area contributed by atoms with E-state index >= 15 is 0 Å². The van der Waals surface area contributed by atoms with Crippen LogP contribution in [0.2, 0.25) is 5.02 Å². The van der Waals surface area contributed by atoms with Gasteiger partial charge < -0.3 is 10.1 Å². The van der Waals surface area contributed by atoms with E-state index in [9.17, 15) is 14.0 Å². The van der Waals surface area contributed by atoms with Crippen LogP contribution < -0.4 is 5.32 Å². The van der Waals surface area contributed by atoms with Crippen LogP contribution in [0.25, 0.3) is 0 Å². The van der Waals surface area contributed by atoms with Crippen LogP contribution in [0, 0.1) is 23.1 Å². The number of esters is 1. The van der Waals surface area contributed by atoms with Gasteiger partial charge in [-0.3, -0.25) is 4.79 Å². The summed E-state index contributed by atoms with van der Waals surface area (Å²) in [6, 6.07) is 5.31. The van der Waals surface area contributed by atoms with Crippen molar-refractivity contribution in [2.45, 2.75) is 25.3 Å². The van der Waals surface area contributed by atoms with Crippen LogP contribution in [0.4, 0.5) is 4.39 Å². The van der Waals surface area contributed by atoms with Gasteiger partial charge in [-0.2, -0.15) is 5.26 Å². The zero-order valence-electron chi connectivity index (χ0n) is 11.9. The molecule has 0 saturated heterocycles. The zero-order valence-corrected chi connectivity index (χ0v) is 12.6. The molecule has 1 atom stereocenters. The predicted molar refractivity (Wildman–Crippen MR) is 76.6 cm³/mol. The molecule has 22 heavy (non-hydrogen) atoms. The number of carbonyl (C=O) groups excluding carboxylic acids is 2. The SMILES string of the molecule is C[C@](C#N)(NC(=O)COC(=O)c1ccc(F)cc1Cl)C1CC1. The molecular formula is C15H14ClFN2O3. The molecule has 2 rings (SSSR count). The first-order valence-corrected chi connectivity index (χ1v) is 7.08. The summed E-state index contributed by atoms with van der Waals surface area (Å²) in [5.41, 5.74) is -0.974. The molecule has 0 unspecified atom stereocenters. The van der Waals surface area contributed by atoms with Gasteiger partial charge in [-0.25, -0.2) is 9.18 Å². The fourth-order valence-electron chi connectivity index (χ4n) is 2.07. The lowest BCUT2D eigenvalue weighted by molar-refractivity contribution is -0.125. The summed E-state index contributed by atoms with van der Waals surface area (Å²) in [6.45, 7) is 1.11. The summed E-state index contributed by atoms with van der Waals surface area (Å²) in [7, 11) is 0. The van der Waals surface area contributed by atoms with Gasteiger partial charge in [0, 0.05) is 0 Å². The van der Waals surface area contributed by atoms with Crippen molar-refractivity contribution >= 4 is 23.5 Å². The van der Waals surface area contributed by atoms with E-state index < -0.39 is 29.8 Å². The van der Waals surface area contributed by atoms with Gasteiger partial charge in [0.2, 0.25) is 0 Å². The normalized spacial score (nSPS) is 16.3. The van der Waals surface area contributed by atoms with Gasteiger partial charge in [-0.05, 0) is 43.9 Å². The second-order valence-corrected chi connectivity index (χ2v) is 5.74. The first kappa shape index (κ1) is 16.2. The van der Waals surface area contributed by atoms with Crippen molar-refractivity contribution in [1.82, 2.24) is 5.32 Å². The second kappa shape index (κ2) is 6.32. The van der Waals surface area contributed by atoms with Crippen LogP contribution in [0.3, 0.4) is 0 Å². The Kier molecular flexibility index (Phi) is 4.67. The number of nitriles is 1. The van der Waals surface area contributed by atoms with Crippen molar-refractivity contribution in [2.75, 3.05) is 6.61 Å². The average Bonchev–Trinajstić information content (AvgIpc) is 3.29. The highest BCUT2D eigenvalue weighted by Crippen LogP contribution is 2.39. The van der Waals surface area contributed by atoms with Crippen molar-refractivity contribution in [2.24, 2.45) is 5.92 Å². The van der Waals surface area contributed by atoms with E-state index in [1.807, 2.05) is 0 Å². The molecule has 0 bridgehead atoms. The molecular weight excluding hydrogens is 311 g/mol. The largest absolute Gasteiger partial charge is 0.452 e.